The topological polar surface area (TPSA) is 41.1 Å². The van der Waals surface area contributed by atoms with Gasteiger partial charge in [0.2, 0.25) is 0 Å². The number of thiocarbonyl (C=S) groups is 1. The van der Waals surface area contributed by atoms with E-state index in [1.165, 1.54) is 6.07 Å². The largest absolute Gasteiger partial charge is 0.347 e. The zero-order valence-electron chi connectivity index (χ0n) is 7.38. The summed E-state index contributed by atoms with van der Waals surface area (Å²) in [5, 5.41) is 4.84. The van der Waals surface area contributed by atoms with E-state index in [-0.39, 0.29) is 10.7 Å². The van der Waals surface area contributed by atoms with Gasteiger partial charge in [0, 0.05) is 0 Å². The molecule has 1 fully saturated rings. The van der Waals surface area contributed by atoms with Crippen LogP contribution in [-0.4, -0.2) is 11.0 Å². The lowest BCUT2D eigenvalue weighted by Gasteiger charge is -2.09. The summed E-state index contributed by atoms with van der Waals surface area (Å²) in [6.45, 7) is 0. The van der Waals surface area contributed by atoms with Crippen molar-refractivity contribution >= 4 is 23.2 Å². The Labute approximate surface area is 89.5 Å². The highest BCUT2D eigenvalue weighted by Gasteiger charge is 2.32. The molecule has 1 heterocycles. The molecule has 2 N–H and O–H groups in total. The SMILES string of the molecule is O=C1NC(=S)NC1c1c(F)cccc1F. The van der Waals surface area contributed by atoms with E-state index in [9.17, 15) is 13.6 Å². The predicted octanol–water partition coefficient (Wildman–Crippen LogP) is 1.01. The lowest BCUT2D eigenvalue weighted by atomic mass is 10.1. The minimum Gasteiger partial charge on any atom is -0.347 e. The molecule has 2 rings (SSSR count). The van der Waals surface area contributed by atoms with Crippen LogP contribution in [0.2, 0.25) is 0 Å². The van der Waals surface area contributed by atoms with Crippen LogP contribution in [0.4, 0.5) is 8.78 Å². The van der Waals surface area contributed by atoms with Gasteiger partial charge in [-0.1, -0.05) is 6.07 Å². The summed E-state index contributed by atoms with van der Waals surface area (Å²) in [6, 6.07) is 2.33. The molecule has 6 heteroatoms. The number of benzene rings is 1. The Morgan fingerprint density at radius 2 is 1.87 bits per heavy atom. The fourth-order valence-electron chi connectivity index (χ4n) is 1.41. The molecule has 1 atom stereocenters. The van der Waals surface area contributed by atoms with Crippen LogP contribution >= 0.6 is 12.2 Å². The second kappa shape index (κ2) is 3.54. The van der Waals surface area contributed by atoms with Crippen LogP contribution in [0.1, 0.15) is 11.6 Å². The van der Waals surface area contributed by atoms with Crippen LogP contribution < -0.4 is 10.6 Å². The highest BCUT2D eigenvalue weighted by molar-refractivity contribution is 7.80. The molecular formula is C9H6F2N2OS. The first kappa shape index (κ1) is 9.97. The molecule has 1 aromatic rings. The average molecular weight is 228 g/mol. The van der Waals surface area contributed by atoms with Crippen molar-refractivity contribution in [1.82, 2.24) is 10.6 Å². The molecular weight excluding hydrogens is 222 g/mol. The molecule has 3 nitrogen and oxygen atoms in total. The summed E-state index contributed by atoms with van der Waals surface area (Å²) >= 11 is 4.67. The summed E-state index contributed by atoms with van der Waals surface area (Å²) in [7, 11) is 0. The van der Waals surface area contributed by atoms with Crippen molar-refractivity contribution in [2.75, 3.05) is 0 Å². The van der Waals surface area contributed by atoms with E-state index in [2.05, 4.69) is 22.9 Å². The monoisotopic (exact) mass is 228 g/mol. The van der Waals surface area contributed by atoms with Crippen molar-refractivity contribution in [2.45, 2.75) is 6.04 Å². The number of hydrogen-bond donors (Lipinski definition) is 2. The number of carbonyl (C=O) groups excluding carboxylic acids is 1. The first-order valence-electron chi connectivity index (χ1n) is 4.15. The van der Waals surface area contributed by atoms with Crippen LogP contribution in [0.5, 0.6) is 0 Å². The zero-order valence-corrected chi connectivity index (χ0v) is 8.20. The summed E-state index contributed by atoms with van der Waals surface area (Å²) in [5.74, 6) is -2.09. The normalized spacial score (nSPS) is 20.0. The van der Waals surface area contributed by atoms with Gasteiger partial charge in [-0.25, -0.2) is 8.78 Å². The standard InChI is InChI=1S/C9H6F2N2OS/c10-4-2-1-3-5(11)6(4)7-8(14)13-9(15)12-7/h1-3,7H,(H2,12,13,14,15). The van der Waals surface area contributed by atoms with Gasteiger partial charge < -0.3 is 10.6 Å². The molecule has 15 heavy (non-hydrogen) atoms. The van der Waals surface area contributed by atoms with Gasteiger partial charge in [-0.05, 0) is 24.4 Å². The Kier molecular flexibility index (Phi) is 2.36. The van der Waals surface area contributed by atoms with Gasteiger partial charge in [0.15, 0.2) is 5.11 Å². The number of rotatable bonds is 1. The number of amides is 1. The van der Waals surface area contributed by atoms with E-state index >= 15 is 0 Å². The third-order valence-corrected chi connectivity index (χ3v) is 2.28. The molecule has 0 aliphatic carbocycles. The quantitative estimate of drug-likeness (QED) is 0.705. The second-order valence-corrected chi connectivity index (χ2v) is 3.44. The van der Waals surface area contributed by atoms with Crippen LogP contribution in [-0.2, 0) is 4.79 Å². The van der Waals surface area contributed by atoms with Crippen LogP contribution in [0.3, 0.4) is 0 Å². The Hall–Kier alpha value is -1.56. The van der Waals surface area contributed by atoms with E-state index in [1.807, 2.05) is 0 Å². The van der Waals surface area contributed by atoms with Gasteiger partial charge >= 0.3 is 0 Å². The summed E-state index contributed by atoms with van der Waals surface area (Å²) in [5.41, 5.74) is -0.310. The lowest BCUT2D eigenvalue weighted by Crippen LogP contribution is -2.22. The summed E-state index contributed by atoms with van der Waals surface area (Å²) < 4.78 is 26.6. The van der Waals surface area contributed by atoms with Crippen molar-refractivity contribution in [3.05, 3.63) is 35.4 Å². The maximum atomic E-state index is 13.3. The first-order valence-corrected chi connectivity index (χ1v) is 4.55. The maximum Gasteiger partial charge on any atom is 0.253 e. The molecule has 0 radical (unpaired) electrons. The molecule has 1 unspecified atom stereocenters. The van der Waals surface area contributed by atoms with E-state index in [0.717, 1.165) is 12.1 Å². The molecule has 1 aliphatic rings. The van der Waals surface area contributed by atoms with Crippen LogP contribution in [0, 0.1) is 11.6 Å². The van der Waals surface area contributed by atoms with Gasteiger partial charge in [-0.2, -0.15) is 0 Å². The minimum atomic E-state index is -1.08. The number of nitrogens with one attached hydrogen (secondary N) is 2. The molecule has 78 valence electrons. The van der Waals surface area contributed by atoms with E-state index in [1.54, 1.807) is 0 Å². The van der Waals surface area contributed by atoms with Gasteiger partial charge in [-0.15, -0.1) is 0 Å². The highest BCUT2D eigenvalue weighted by atomic mass is 32.1. The van der Waals surface area contributed by atoms with E-state index < -0.39 is 23.6 Å². The maximum absolute atomic E-state index is 13.3. The van der Waals surface area contributed by atoms with Crippen molar-refractivity contribution in [1.29, 1.82) is 0 Å². The summed E-state index contributed by atoms with van der Waals surface area (Å²) in [4.78, 5) is 11.3. The number of carbonyl (C=O) groups is 1. The van der Waals surface area contributed by atoms with Crippen LogP contribution in [0.15, 0.2) is 18.2 Å². The average Bonchev–Trinajstić information content (AvgIpc) is 2.45. The van der Waals surface area contributed by atoms with Crippen molar-refractivity contribution in [3.8, 4) is 0 Å². The van der Waals surface area contributed by atoms with Gasteiger partial charge in [0.25, 0.3) is 5.91 Å². The molecule has 1 aromatic carbocycles. The van der Waals surface area contributed by atoms with Crippen LogP contribution in [0.25, 0.3) is 0 Å². The third-order valence-electron chi connectivity index (χ3n) is 2.06. The molecule has 0 spiro atoms. The second-order valence-electron chi connectivity index (χ2n) is 3.03. The van der Waals surface area contributed by atoms with Crippen molar-refractivity contribution in [2.24, 2.45) is 0 Å². The first-order chi connectivity index (χ1) is 7.09. The Balaban J connectivity index is 2.46. The fourth-order valence-corrected chi connectivity index (χ4v) is 1.62. The van der Waals surface area contributed by atoms with Crippen molar-refractivity contribution in [3.63, 3.8) is 0 Å². The van der Waals surface area contributed by atoms with E-state index in [4.69, 9.17) is 0 Å². The lowest BCUT2D eigenvalue weighted by molar-refractivity contribution is -0.120. The molecule has 1 aliphatic heterocycles. The van der Waals surface area contributed by atoms with Gasteiger partial charge in [0.1, 0.15) is 17.7 Å². The smallest absolute Gasteiger partial charge is 0.253 e. The van der Waals surface area contributed by atoms with E-state index in [0.29, 0.717) is 0 Å². The Bertz CT molecular complexity index is 429. The highest BCUT2D eigenvalue weighted by Crippen LogP contribution is 2.22. The van der Waals surface area contributed by atoms with Crippen molar-refractivity contribution < 1.29 is 13.6 Å². The zero-order chi connectivity index (χ0) is 11.0. The Morgan fingerprint density at radius 3 is 2.33 bits per heavy atom. The van der Waals surface area contributed by atoms with Gasteiger partial charge in [0.05, 0.1) is 5.56 Å². The molecule has 0 bridgehead atoms. The molecule has 0 aromatic heterocycles. The summed E-state index contributed by atoms with van der Waals surface area (Å²) in [6.07, 6.45) is 0. The molecule has 1 saturated heterocycles. The Morgan fingerprint density at radius 1 is 1.27 bits per heavy atom. The molecule has 1 amide bonds. The predicted molar refractivity (Wildman–Crippen MR) is 53.0 cm³/mol. The third kappa shape index (κ3) is 1.68. The number of halogens is 2. The molecule has 0 saturated carbocycles. The van der Waals surface area contributed by atoms with Gasteiger partial charge in [-0.3, -0.25) is 4.79 Å². The minimum absolute atomic E-state index is 0.0765. The number of hydrogen-bond acceptors (Lipinski definition) is 2. The fraction of sp³-hybridized carbons (Fsp3) is 0.111.